The zero-order valence-electron chi connectivity index (χ0n) is 10.7. The van der Waals surface area contributed by atoms with Crippen molar-refractivity contribution in [1.29, 1.82) is 0 Å². The standard InChI is InChI=1S/C13H18BrN3O/c1-3-6-15-12(10-5-7-18-13(10)14)11-8-17(4-2)9-16-11/h5,7-9,12,15H,3-4,6H2,1-2H3. The number of furan rings is 1. The quantitative estimate of drug-likeness (QED) is 0.889. The molecule has 18 heavy (non-hydrogen) atoms. The molecule has 2 heterocycles. The van der Waals surface area contributed by atoms with Gasteiger partial charge in [-0.2, -0.15) is 0 Å². The number of nitrogens with zero attached hydrogens (tertiary/aromatic N) is 2. The average molecular weight is 312 g/mol. The van der Waals surface area contributed by atoms with Crippen LogP contribution in [0.5, 0.6) is 0 Å². The molecule has 2 rings (SSSR count). The highest BCUT2D eigenvalue weighted by Gasteiger charge is 2.20. The molecule has 0 aromatic carbocycles. The molecule has 0 fully saturated rings. The fourth-order valence-corrected chi connectivity index (χ4v) is 2.34. The van der Waals surface area contributed by atoms with Crippen molar-refractivity contribution >= 4 is 15.9 Å². The highest BCUT2D eigenvalue weighted by atomic mass is 79.9. The molecule has 0 saturated carbocycles. The van der Waals surface area contributed by atoms with Crippen molar-refractivity contribution in [1.82, 2.24) is 14.9 Å². The van der Waals surface area contributed by atoms with E-state index in [-0.39, 0.29) is 6.04 Å². The van der Waals surface area contributed by atoms with Crippen LogP contribution in [0.15, 0.2) is 33.9 Å². The zero-order valence-corrected chi connectivity index (χ0v) is 12.3. The van der Waals surface area contributed by atoms with E-state index in [0.717, 1.165) is 35.4 Å². The van der Waals surface area contributed by atoms with E-state index in [1.54, 1.807) is 6.26 Å². The first-order valence-electron chi connectivity index (χ1n) is 6.24. The second-order valence-corrected chi connectivity index (χ2v) is 4.89. The molecule has 0 amide bonds. The number of imidazole rings is 1. The Morgan fingerprint density at radius 2 is 2.33 bits per heavy atom. The number of hydrogen-bond acceptors (Lipinski definition) is 3. The van der Waals surface area contributed by atoms with Gasteiger partial charge >= 0.3 is 0 Å². The van der Waals surface area contributed by atoms with Crippen LogP contribution in [0.1, 0.15) is 37.6 Å². The van der Waals surface area contributed by atoms with Gasteiger partial charge in [0, 0.05) is 18.3 Å². The first kappa shape index (κ1) is 13.4. The SMILES string of the molecule is CCCNC(c1cn(CC)cn1)c1ccoc1Br. The first-order valence-corrected chi connectivity index (χ1v) is 7.03. The second-order valence-electron chi connectivity index (χ2n) is 4.17. The van der Waals surface area contributed by atoms with E-state index >= 15 is 0 Å². The molecule has 0 spiro atoms. The van der Waals surface area contributed by atoms with Crippen LogP contribution in [0.3, 0.4) is 0 Å². The van der Waals surface area contributed by atoms with Gasteiger partial charge in [-0.05, 0) is 41.9 Å². The van der Waals surface area contributed by atoms with Crippen LogP contribution in [0.25, 0.3) is 0 Å². The summed E-state index contributed by atoms with van der Waals surface area (Å²) in [6.45, 7) is 6.13. The predicted octanol–water partition coefficient (Wildman–Crippen LogP) is 3.35. The third kappa shape index (κ3) is 2.84. The molecule has 0 radical (unpaired) electrons. The second kappa shape index (κ2) is 6.20. The molecule has 2 aromatic heterocycles. The summed E-state index contributed by atoms with van der Waals surface area (Å²) >= 11 is 3.44. The Labute approximate surface area is 116 Å². The van der Waals surface area contributed by atoms with E-state index in [1.807, 2.05) is 12.4 Å². The minimum absolute atomic E-state index is 0.0749. The lowest BCUT2D eigenvalue weighted by molar-refractivity contribution is 0.521. The van der Waals surface area contributed by atoms with Crippen LogP contribution in [0.4, 0.5) is 0 Å². The van der Waals surface area contributed by atoms with Gasteiger partial charge in [-0.1, -0.05) is 6.92 Å². The molecule has 1 unspecified atom stereocenters. The van der Waals surface area contributed by atoms with Gasteiger partial charge in [-0.25, -0.2) is 4.98 Å². The van der Waals surface area contributed by atoms with E-state index in [0.29, 0.717) is 0 Å². The molecule has 2 aromatic rings. The van der Waals surface area contributed by atoms with E-state index < -0.39 is 0 Å². The largest absolute Gasteiger partial charge is 0.457 e. The number of aromatic nitrogens is 2. The van der Waals surface area contributed by atoms with Crippen molar-refractivity contribution in [2.45, 2.75) is 32.9 Å². The smallest absolute Gasteiger partial charge is 0.174 e. The van der Waals surface area contributed by atoms with Gasteiger partial charge < -0.3 is 14.3 Å². The minimum atomic E-state index is 0.0749. The fourth-order valence-electron chi connectivity index (χ4n) is 1.87. The summed E-state index contributed by atoms with van der Waals surface area (Å²) in [5, 5.41) is 3.50. The van der Waals surface area contributed by atoms with Gasteiger partial charge in [0.2, 0.25) is 0 Å². The van der Waals surface area contributed by atoms with Crippen LogP contribution in [-0.4, -0.2) is 16.1 Å². The van der Waals surface area contributed by atoms with Gasteiger partial charge in [-0.15, -0.1) is 0 Å². The number of aryl methyl sites for hydroxylation is 1. The lowest BCUT2D eigenvalue weighted by Crippen LogP contribution is -2.23. The topological polar surface area (TPSA) is 43.0 Å². The summed E-state index contributed by atoms with van der Waals surface area (Å²) in [6, 6.07) is 2.05. The summed E-state index contributed by atoms with van der Waals surface area (Å²) in [6.07, 6.45) is 6.72. The Balaban J connectivity index is 2.27. The molecular weight excluding hydrogens is 294 g/mol. The highest BCUT2D eigenvalue weighted by molar-refractivity contribution is 9.10. The molecule has 4 nitrogen and oxygen atoms in total. The van der Waals surface area contributed by atoms with E-state index in [4.69, 9.17) is 4.42 Å². The summed E-state index contributed by atoms with van der Waals surface area (Å²) in [7, 11) is 0. The fraction of sp³-hybridized carbons (Fsp3) is 0.462. The molecule has 0 aliphatic carbocycles. The zero-order chi connectivity index (χ0) is 13.0. The van der Waals surface area contributed by atoms with Gasteiger partial charge in [-0.3, -0.25) is 0 Å². The monoisotopic (exact) mass is 311 g/mol. The van der Waals surface area contributed by atoms with E-state index in [1.165, 1.54) is 0 Å². The minimum Gasteiger partial charge on any atom is -0.457 e. The Hall–Kier alpha value is -1.07. The summed E-state index contributed by atoms with van der Waals surface area (Å²) in [5.74, 6) is 0. The molecular formula is C13H18BrN3O. The molecule has 0 aliphatic heterocycles. The Morgan fingerprint density at radius 1 is 1.50 bits per heavy atom. The third-order valence-corrected chi connectivity index (χ3v) is 3.51. The van der Waals surface area contributed by atoms with Crippen LogP contribution in [0, 0.1) is 0 Å². The van der Waals surface area contributed by atoms with E-state index in [2.05, 4.69) is 50.8 Å². The number of nitrogens with one attached hydrogen (secondary N) is 1. The molecule has 1 atom stereocenters. The number of hydrogen-bond donors (Lipinski definition) is 1. The van der Waals surface area contributed by atoms with Crippen LogP contribution < -0.4 is 5.32 Å². The Morgan fingerprint density at radius 3 is 2.89 bits per heavy atom. The molecule has 0 aliphatic rings. The maximum Gasteiger partial charge on any atom is 0.174 e. The van der Waals surface area contributed by atoms with Crippen molar-refractivity contribution in [3.63, 3.8) is 0 Å². The Bertz CT molecular complexity index is 492. The molecule has 0 saturated heterocycles. The predicted molar refractivity (Wildman–Crippen MR) is 74.4 cm³/mol. The lowest BCUT2D eigenvalue weighted by atomic mass is 10.1. The number of halogens is 1. The van der Waals surface area contributed by atoms with Gasteiger partial charge in [0.1, 0.15) is 0 Å². The summed E-state index contributed by atoms with van der Waals surface area (Å²) in [4.78, 5) is 4.48. The third-order valence-electron chi connectivity index (χ3n) is 2.87. The van der Waals surface area contributed by atoms with Gasteiger partial charge in [0.25, 0.3) is 0 Å². The summed E-state index contributed by atoms with van der Waals surface area (Å²) in [5.41, 5.74) is 2.11. The normalized spacial score (nSPS) is 12.8. The maximum absolute atomic E-state index is 5.32. The van der Waals surface area contributed by atoms with E-state index in [9.17, 15) is 0 Å². The molecule has 0 bridgehead atoms. The number of rotatable bonds is 6. The lowest BCUT2D eigenvalue weighted by Gasteiger charge is -2.15. The van der Waals surface area contributed by atoms with Gasteiger partial charge in [0.05, 0.1) is 24.3 Å². The Kier molecular flexibility index (Phi) is 4.60. The van der Waals surface area contributed by atoms with Crippen LogP contribution >= 0.6 is 15.9 Å². The van der Waals surface area contributed by atoms with Crippen molar-refractivity contribution in [3.05, 3.63) is 40.8 Å². The molecule has 1 N–H and O–H groups in total. The molecule has 98 valence electrons. The van der Waals surface area contributed by atoms with Crippen molar-refractivity contribution in [2.24, 2.45) is 0 Å². The van der Waals surface area contributed by atoms with Crippen molar-refractivity contribution in [2.75, 3.05) is 6.54 Å². The average Bonchev–Trinajstić information content (AvgIpc) is 3.00. The van der Waals surface area contributed by atoms with Crippen LogP contribution in [-0.2, 0) is 6.54 Å². The highest BCUT2D eigenvalue weighted by Crippen LogP contribution is 2.28. The van der Waals surface area contributed by atoms with Crippen molar-refractivity contribution in [3.8, 4) is 0 Å². The maximum atomic E-state index is 5.32. The van der Waals surface area contributed by atoms with Gasteiger partial charge in [0.15, 0.2) is 4.67 Å². The summed E-state index contributed by atoms with van der Waals surface area (Å²) < 4.78 is 8.16. The first-order chi connectivity index (χ1) is 8.76. The van der Waals surface area contributed by atoms with Crippen molar-refractivity contribution < 1.29 is 4.42 Å². The molecule has 5 heteroatoms. The van der Waals surface area contributed by atoms with Crippen LogP contribution in [0.2, 0.25) is 0 Å².